The first kappa shape index (κ1) is 18.1. The number of anilines is 1. The smallest absolute Gasteiger partial charge is 0.171 e. The van der Waals surface area contributed by atoms with Crippen LogP contribution in [0.4, 0.5) is 5.69 Å². The Morgan fingerprint density at radius 1 is 1.08 bits per heavy atom. The van der Waals surface area contributed by atoms with Crippen LogP contribution in [0.3, 0.4) is 0 Å². The first-order valence-corrected chi connectivity index (χ1v) is 9.17. The van der Waals surface area contributed by atoms with Crippen molar-refractivity contribution < 1.29 is 4.74 Å². The maximum Gasteiger partial charge on any atom is 0.171 e. The molecule has 0 amide bonds. The molecule has 0 bridgehead atoms. The van der Waals surface area contributed by atoms with Crippen molar-refractivity contribution in [2.75, 3.05) is 38.2 Å². The lowest BCUT2D eigenvalue weighted by atomic mass is 10.1. The normalized spacial score (nSPS) is 16.2. The van der Waals surface area contributed by atoms with Gasteiger partial charge in [0.15, 0.2) is 5.11 Å². The van der Waals surface area contributed by atoms with E-state index in [1.165, 1.54) is 5.56 Å². The van der Waals surface area contributed by atoms with Crippen LogP contribution in [-0.4, -0.2) is 42.9 Å². The minimum absolute atomic E-state index is 0.117. The van der Waals surface area contributed by atoms with Crippen LogP contribution in [0.5, 0.6) is 0 Å². The molecular weight excluding hydrogens is 354 g/mol. The standard InChI is InChI=1S/C19H22ClN3OS/c20-16-6-8-17(9-7-16)21-19(25)22-18(15-4-2-1-3-5-15)14-23-10-12-24-13-11-23/h1-9,18H,10-14H2,(H2,21,22,25)/t18-/m0/s1. The molecule has 25 heavy (non-hydrogen) atoms. The van der Waals surface area contributed by atoms with E-state index in [9.17, 15) is 0 Å². The largest absolute Gasteiger partial charge is 0.379 e. The highest BCUT2D eigenvalue weighted by atomic mass is 35.5. The molecular formula is C19H22ClN3OS. The predicted octanol–water partition coefficient (Wildman–Crippen LogP) is 3.70. The van der Waals surface area contributed by atoms with Crippen molar-refractivity contribution in [2.24, 2.45) is 0 Å². The minimum Gasteiger partial charge on any atom is -0.379 e. The van der Waals surface area contributed by atoms with Crippen LogP contribution in [0.1, 0.15) is 11.6 Å². The Hall–Kier alpha value is -1.66. The molecule has 0 aromatic heterocycles. The Bertz CT molecular complexity index is 675. The van der Waals surface area contributed by atoms with Gasteiger partial charge in [0.25, 0.3) is 0 Å². The van der Waals surface area contributed by atoms with Crippen molar-refractivity contribution in [1.82, 2.24) is 10.2 Å². The summed E-state index contributed by atoms with van der Waals surface area (Å²) >= 11 is 11.4. The van der Waals surface area contributed by atoms with Crippen molar-refractivity contribution in [3.63, 3.8) is 0 Å². The Kier molecular flexibility index (Phi) is 6.64. The maximum atomic E-state index is 5.93. The number of hydrogen-bond donors (Lipinski definition) is 2. The quantitative estimate of drug-likeness (QED) is 0.779. The summed E-state index contributed by atoms with van der Waals surface area (Å²) in [5.74, 6) is 0. The molecule has 4 nitrogen and oxygen atoms in total. The third kappa shape index (κ3) is 5.68. The average molecular weight is 376 g/mol. The molecule has 0 saturated carbocycles. The Morgan fingerprint density at radius 3 is 2.44 bits per heavy atom. The van der Waals surface area contributed by atoms with Crippen LogP contribution in [0.25, 0.3) is 0 Å². The number of nitrogens with one attached hydrogen (secondary N) is 2. The van der Waals surface area contributed by atoms with E-state index in [1.54, 1.807) is 0 Å². The van der Waals surface area contributed by atoms with Gasteiger partial charge in [-0.05, 0) is 42.0 Å². The molecule has 1 aliphatic heterocycles. The number of halogens is 1. The first-order chi connectivity index (χ1) is 12.2. The molecule has 2 N–H and O–H groups in total. The molecule has 1 atom stereocenters. The zero-order valence-electron chi connectivity index (χ0n) is 14.0. The number of thiocarbonyl (C=S) groups is 1. The van der Waals surface area contributed by atoms with Crippen molar-refractivity contribution >= 4 is 34.6 Å². The second-order valence-corrected chi connectivity index (χ2v) is 6.83. The highest BCUT2D eigenvalue weighted by molar-refractivity contribution is 7.80. The fourth-order valence-corrected chi connectivity index (χ4v) is 3.21. The lowest BCUT2D eigenvalue weighted by molar-refractivity contribution is 0.0344. The SMILES string of the molecule is S=C(Nc1ccc(Cl)cc1)N[C@@H](CN1CCOCC1)c1ccccc1. The van der Waals surface area contributed by atoms with Gasteiger partial charge in [-0.1, -0.05) is 41.9 Å². The highest BCUT2D eigenvalue weighted by Crippen LogP contribution is 2.17. The van der Waals surface area contributed by atoms with Gasteiger partial charge in [-0.3, -0.25) is 4.90 Å². The van der Waals surface area contributed by atoms with Crippen LogP contribution >= 0.6 is 23.8 Å². The zero-order valence-corrected chi connectivity index (χ0v) is 15.5. The van der Waals surface area contributed by atoms with Gasteiger partial charge in [-0.15, -0.1) is 0 Å². The van der Waals surface area contributed by atoms with Gasteiger partial charge in [0.05, 0.1) is 19.3 Å². The Morgan fingerprint density at radius 2 is 1.76 bits per heavy atom. The van der Waals surface area contributed by atoms with Gasteiger partial charge in [0.2, 0.25) is 0 Å². The molecule has 1 fully saturated rings. The van der Waals surface area contributed by atoms with Crippen LogP contribution in [0.15, 0.2) is 54.6 Å². The number of ether oxygens (including phenoxy) is 1. The summed E-state index contributed by atoms with van der Waals surface area (Å²) in [5.41, 5.74) is 2.13. The summed E-state index contributed by atoms with van der Waals surface area (Å²) in [5, 5.41) is 7.98. The first-order valence-electron chi connectivity index (χ1n) is 8.39. The van der Waals surface area contributed by atoms with Gasteiger partial charge < -0.3 is 15.4 Å². The highest BCUT2D eigenvalue weighted by Gasteiger charge is 2.19. The monoisotopic (exact) mass is 375 g/mol. The van der Waals surface area contributed by atoms with Crippen LogP contribution in [0, 0.1) is 0 Å². The summed E-state index contributed by atoms with van der Waals surface area (Å²) in [6, 6.07) is 18.0. The van der Waals surface area contributed by atoms with E-state index in [0.29, 0.717) is 10.1 Å². The van der Waals surface area contributed by atoms with Crippen molar-refractivity contribution in [2.45, 2.75) is 6.04 Å². The van der Waals surface area contributed by atoms with E-state index in [4.69, 9.17) is 28.6 Å². The van der Waals surface area contributed by atoms with Gasteiger partial charge in [-0.2, -0.15) is 0 Å². The summed E-state index contributed by atoms with van der Waals surface area (Å²) in [4.78, 5) is 2.40. The molecule has 2 aromatic carbocycles. The second kappa shape index (κ2) is 9.15. The summed E-state index contributed by atoms with van der Waals surface area (Å²) < 4.78 is 5.45. The van der Waals surface area contributed by atoms with Crippen molar-refractivity contribution in [1.29, 1.82) is 0 Å². The second-order valence-electron chi connectivity index (χ2n) is 5.98. The fraction of sp³-hybridized carbons (Fsp3) is 0.316. The summed E-state index contributed by atoms with van der Waals surface area (Å²) in [6.07, 6.45) is 0. The lowest BCUT2D eigenvalue weighted by Gasteiger charge is -2.31. The van der Waals surface area contributed by atoms with E-state index >= 15 is 0 Å². The molecule has 2 aromatic rings. The Balaban J connectivity index is 1.65. The van der Waals surface area contributed by atoms with Gasteiger partial charge in [0, 0.05) is 30.3 Å². The summed E-state index contributed by atoms with van der Waals surface area (Å²) in [7, 11) is 0. The number of morpholine rings is 1. The van der Waals surface area contributed by atoms with Crippen LogP contribution in [-0.2, 0) is 4.74 Å². The molecule has 0 aliphatic carbocycles. The number of nitrogens with zero attached hydrogens (tertiary/aromatic N) is 1. The molecule has 0 unspecified atom stereocenters. The third-order valence-corrected chi connectivity index (χ3v) is 4.63. The average Bonchev–Trinajstić information content (AvgIpc) is 2.65. The fourth-order valence-electron chi connectivity index (χ4n) is 2.82. The number of rotatable bonds is 5. The predicted molar refractivity (Wildman–Crippen MR) is 107 cm³/mol. The van der Waals surface area contributed by atoms with E-state index in [1.807, 2.05) is 30.3 Å². The molecule has 1 aliphatic rings. The molecule has 132 valence electrons. The van der Waals surface area contributed by atoms with Gasteiger partial charge in [-0.25, -0.2) is 0 Å². The van der Waals surface area contributed by atoms with Gasteiger partial charge >= 0.3 is 0 Å². The van der Waals surface area contributed by atoms with Crippen LogP contribution < -0.4 is 10.6 Å². The third-order valence-electron chi connectivity index (χ3n) is 4.15. The minimum atomic E-state index is 0.117. The maximum absolute atomic E-state index is 5.93. The van der Waals surface area contributed by atoms with Crippen LogP contribution in [0.2, 0.25) is 5.02 Å². The molecule has 0 spiro atoms. The van der Waals surface area contributed by atoms with Crippen molar-refractivity contribution in [3.05, 3.63) is 65.2 Å². The molecule has 6 heteroatoms. The topological polar surface area (TPSA) is 36.5 Å². The molecule has 0 radical (unpaired) electrons. The zero-order chi connectivity index (χ0) is 17.5. The van der Waals surface area contributed by atoms with E-state index in [-0.39, 0.29) is 6.04 Å². The number of benzene rings is 2. The van der Waals surface area contributed by atoms with Gasteiger partial charge in [0.1, 0.15) is 0 Å². The van der Waals surface area contributed by atoms with Crippen molar-refractivity contribution in [3.8, 4) is 0 Å². The molecule has 1 heterocycles. The summed E-state index contributed by atoms with van der Waals surface area (Å²) in [6.45, 7) is 4.35. The van der Waals surface area contributed by atoms with E-state index in [0.717, 1.165) is 38.5 Å². The lowest BCUT2D eigenvalue weighted by Crippen LogP contribution is -2.44. The van der Waals surface area contributed by atoms with E-state index in [2.05, 4.69) is 39.8 Å². The molecule has 1 saturated heterocycles. The van der Waals surface area contributed by atoms with E-state index < -0.39 is 0 Å². The Labute approximate surface area is 159 Å². The number of hydrogen-bond acceptors (Lipinski definition) is 3. The molecule has 3 rings (SSSR count).